The van der Waals surface area contributed by atoms with E-state index in [1.165, 1.54) is 18.7 Å². The molecule has 0 aliphatic rings. The number of rotatable bonds is 8. The van der Waals surface area contributed by atoms with Crippen molar-refractivity contribution in [1.82, 2.24) is 14.9 Å². The zero-order chi connectivity index (χ0) is 24.1. The van der Waals surface area contributed by atoms with Gasteiger partial charge in [0.15, 0.2) is 10.9 Å². The fourth-order valence-corrected chi connectivity index (χ4v) is 4.56. The molecular weight excluding hydrogens is 446 g/mol. The van der Waals surface area contributed by atoms with E-state index in [4.69, 9.17) is 0 Å². The molecule has 1 unspecified atom stereocenters. The lowest BCUT2D eigenvalue weighted by Gasteiger charge is -2.17. The standard InChI is InChI=1S/C27H25N3O3S/c1-18-10-6-9-15-24(18)30-26(33)21-13-7-8-14-22(21)29-27(30)34-17-25(32)28-23(19(2)31)16-20-11-4-3-5-12-20/h3-15,23H,16-17H2,1-2H3,(H,28,32). The maximum absolute atomic E-state index is 13.4. The van der Waals surface area contributed by atoms with Crippen molar-refractivity contribution in [2.75, 3.05) is 5.75 Å². The van der Waals surface area contributed by atoms with Crippen LogP contribution in [0.2, 0.25) is 0 Å². The highest BCUT2D eigenvalue weighted by molar-refractivity contribution is 7.99. The number of aromatic nitrogens is 2. The predicted octanol–water partition coefficient (Wildman–Crippen LogP) is 4.10. The van der Waals surface area contributed by atoms with E-state index in [0.29, 0.717) is 22.5 Å². The van der Waals surface area contributed by atoms with Crippen LogP contribution in [0, 0.1) is 6.92 Å². The van der Waals surface area contributed by atoms with Crippen LogP contribution in [0.25, 0.3) is 16.6 Å². The molecule has 0 bridgehead atoms. The molecule has 4 aromatic rings. The van der Waals surface area contributed by atoms with Gasteiger partial charge in [0, 0.05) is 0 Å². The minimum absolute atomic E-state index is 0.0230. The van der Waals surface area contributed by atoms with Gasteiger partial charge in [0.1, 0.15) is 0 Å². The summed E-state index contributed by atoms with van der Waals surface area (Å²) in [6.45, 7) is 3.40. The zero-order valence-electron chi connectivity index (χ0n) is 19.0. The molecule has 0 fully saturated rings. The smallest absolute Gasteiger partial charge is 0.266 e. The summed E-state index contributed by atoms with van der Waals surface area (Å²) in [4.78, 5) is 43.0. The summed E-state index contributed by atoms with van der Waals surface area (Å²) in [5, 5.41) is 3.77. The van der Waals surface area contributed by atoms with Crippen LogP contribution >= 0.6 is 11.8 Å². The first kappa shape index (κ1) is 23.4. The topological polar surface area (TPSA) is 81.1 Å². The first-order valence-electron chi connectivity index (χ1n) is 11.0. The van der Waals surface area contributed by atoms with E-state index in [2.05, 4.69) is 10.3 Å². The predicted molar refractivity (Wildman–Crippen MR) is 136 cm³/mol. The number of para-hydroxylation sites is 2. The van der Waals surface area contributed by atoms with E-state index in [0.717, 1.165) is 16.8 Å². The largest absolute Gasteiger partial charge is 0.345 e. The van der Waals surface area contributed by atoms with E-state index in [1.807, 2.05) is 73.7 Å². The van der Waals surface area contributed by atoms with Crippen LogP contribution in [-0.2, 0) is 16.0 Å². The third kappa shape index (κ3) is 5.26. The second-order valence-electron chi connectivity index (χ2n) is 8.05. The van der Waals surface area contributed by atoms with Crippen molar-refractivity contribution in [3.63, 3.8) is 0 Å². The van der Waals surface area contributed by atoms with Crippen molar-refractivity contribution in [2.45, 2.75) is 31.5 Å². The summed E-state index contributed by atoms with van der Waals surface area (Å²) in [5.74, 6) is -0.377. The molecule has 0 aliphatic heterocycles. The number of aryl methyl sites for hydroxylation is 1. The number of nitrogens with one attached hydrogen (secondary N) is 1. The van der Waals surface area contributed by atoms with E-state index in [1.54, 1.807) is 16.7 Å². The van der Waals surface area contributed by atoms with Crippen molar-refractivity contribution in [2.24, 2.45) is 0 Å². The van der Waals surface area contributed by atoms with Crippen molar-refractivity contribution >= 4 is 34.4 Å². The molecule has 4 rings (SSSR count). The van der Waals surface area contributed by atoms with Crippen LogP contribution < -0.4 is 10.9 Å². The highest BCUT2D eigenvalue weighted by Crippen LogP contribution is 2.23. The molecule has 1 aromatic heterocycles. The SMILES string of the molecule is CC(=O)C(Cc1ccccc1)NC(=O)CSc1nc2ccccc2c(=O)n1-c1ccccc1C. The van der Waals surface area contributed by atoms with Gasteiger partial charge >= 0.3 is 0 Å². The maximum Gasteiger partial charge on any atom is 0.266 e. The Morgan fingerprint density at radius 3 is 2.38 bits per heavy atom. The molecule has 0 aliphatic carbocycles. The summed E-state index contributed by atoms with van der Waals surface area (Å²) < 4.78 is 1.56. The molecule has 0 saturated carbocycles. The number of hydrogen-bond acceptors (Lipinski definition) is 5. The van der Waals surface area contributed by atoms with Gasteiger partial charge in [-0.15, -0.1) is 0 Å². The fraction of sp³-hybridized carbons (Fsp3) is 0.185. The van der Waals surface area contributed by atoms with Crippen LogP contribution in [-0.4, -0.2) is 33.0 Å². The van der Waals surface area contributed by atoms with E-state index >= 15 is 0 Å². The minimum Gasteiger partial charge on any atom is -0.345 e. The first-order valence-corrected chi connectivity index (χ1v) is 12.0. The maximum atomic E-state index is 13.4. The van der Waals surface area contributed by atoms with Crippen molar-refractivity contribution in [3.8, 4) is 5.69 Å². The highest BCUT2D eigenvalue weighted by Gasteiger charge is 2.20. The van der Waals surface area contributed by atoms with E-state index in [-0.39, 0.29) is 23.0 Å². The molecule has 1 heterocycles. The van der Waals surface area contributed by atoms with Crippen molar-refractivity contribution in [1.29, 1.82) is 0 Å². The number of thioether (sulfide) groups is 1. The Morgan fingerprint density at radius 1 is 0.971 bits per heavy atom. The number of Topliss-reactive ketones (excluding diaryl/α,β-unsaturated/α-hetero) is 1. The average Bonchev–Trinajstić information content (AvgIpc) is 2.84. The quantitative estimate of drug-likeness (QED) is 0.309. The molecule has 172 valence electrons. The molecule has 7 heteroatoms. The summed E-state index contributed by atoms with van der Waals surface area (Å²) in [6, 6.07) is 23.7. The molecule has 0 radical (unpaired) electrons. The number of carbonyl (C=O) groups excluding carboxylic acids is 2. The summed E-state index contributed by atoms with van der Waals surface area (Å²) >= 11 is 1.18. The Morgan fingerprint density at radius 2 is 1.65 bits per heavy atom. The van der Waals surface area contributed by atoms with Gasteiger partial charge in [-0.1, -0.05) is 72.4 Å². The molecule has 0 spiro atoms. The Balaban J connectivity index is 1.60. The molecule has 34 heavy (non-hydrogen) atoms. The lowest BCUT2D eigenvalue weighted by Crippen LogP contribution is -2.42. The second kappa shape index (κ2) is 10.5. The molecule has 6 nitrogen and oxygen atoms in total. The summed E-state index contributed by atoms with van der Waals surface area (Å²) in [6.07, 6.45) is 0.425. The molecule has 3 aromatic carbocycles. The number of fused-ring (bicyclic) bond motifs is 1. The third-order valence-electron chi connectivity index (χ3n) is 5.54. The van der Waals surface area contributed by atoms with Crippen LogP contribution in [0.15, 0.2) is 88.8 Å². The lowest BCUT2D eigenvalue weighted by atomic mass is 10.0. The number of benzene rings is 3. The average molecular weight is 472 g/mol. The first-order chi connectivity index (χ1) is 16.4. The lowest BCUT2D eigenvalue weighted by molar-refractivity contribution is -0.125. The van der Waals surface area contributed by atoms with E-state index in [9.17, 15) is 14.4 Å². The number of nitrogens with zero attached hydrogens (tertiary/aromatic N) is 2. The number of amides is 1. The van der Waals surface area contributed by atoms with Gasteiger partial charge < -0.3 is 5.32 Å². The Labute approximate surface area is 202 Å². The van der Waals surface area contributed by atoms with Gasteiger partial charge in [-0.2, -0.15) is 0 Å². The summed E-state index contributed by atoms with van der Waals surface area (Å²) in [5.41, 5.74) is 3.01. The molecule has 1 amide bonds. The normalized spacial score (nSPS) is 11.8. The Hall–Kier alpha value is -3.71. The van der Waals surface area contributed by atoms with Crippen molar-refractivity contribution < 1.29 is 9.59 Å². The Bertz CT molecular complexity index is 1400. The second-order valence-corrected chi connectivity index (χ2v) is 8.99. The fourth-order valence-electron chi connectivity index (χ4n) is 3.75. The third-order valence-corrected chi connectivity index (χ3v) is 6.48. The van der Waals surface area contributed by atoms with Gasteiger partial charge in [0.05, 0.1) is 28.4 Å². The van der Waals surface area contributed by atoms with Gasteiger partial charge in [-0.25, -0.2) is 4.98 Å². The van der Waals surface area contributed by atoms with Gasteiger partial charge in [-0.05, 0) is 49.6 Å². The number of ketones is 1. The number of carbonyl (C=O) groups is 2. The van der Waals surface area contributed by atoms with Crippen LogP contribution in [0.5, 0.6) is 0 Å². The van der Waals surface area contributed by atoms with Gasteiger partial charge in [-0.3, -0.25) is 19.0 Å². The van der Waals surface area contributed by atoms with Crippen molar-refractivity contribution in [3.05, 3.63) is 100 Å². The van der Waals surface area contributed by atoms with Gasteiger partial charge in [0.25, 0.3) is 5.56 Å². The molecule has 1 N–H and O–H groups in total. The van der Waals surface area contributed by atoms with E-state index < -0.39 is 6.04 Å². The Kier molecular flexibility index (Phi) is 7.23. The molecule has 0 saturated heterocycles. The zero-order valence-corrected chi connectivity index (χ0v) is 19.8. The van der Waals surface area contributed by atoms with Crippen LogP contribution in [0.4, 0.5) is 0 Å². The number of hydrogen-bond donors (Lipinski definition) is 1. The van der Waals surface area contributed by atoms with Crippen LogP contribution in [0.1, 0.15) is 18.1 Å². The minimum atomic E-state index is -0.612. The highest BCUT2D eigenvalue weighted by atomic mass is 32.2. The molecule has 1 atom stereocenters. The molecular formula is C27H25N3O3S. The van der Waals surface area contributed by atoms with Crippen LogP contribution in [0.3, 0.4) is 0 Å². The monoisotopic (exact) mass is 471 g/mol. The van der Waals surface area contributed by atoms with Gasteiger partial charge in [0.2, 0.25) is 5.91 Å². The summed E-state index contributed by atoms with van der Waals surface area (Å²) in [7, 11) is 0.